The maximum atomic E-state index is 7.57. The van der Waals surface area contributed by atoms with E-state index in [4.69, 9.17) is 5.11 Å². The summed E-state index contributed by atoms with van der Waals surface area (Å²) >= 11 is 0. The van der Waals surface area contributed by atoms with Gasteiger partial charge in [0.05, 0.1) is 0 Å². The van der Waals surface area contributed by atoms with Crippen LogP contribution in [0.2, 0.25) is 0 Å². The first kappa shape index (κ1) is 16.1. The van der Waals surface area contributed by atoms with Crippen LogP contribution < -0.4 is 0 Å². The van der Waals surface area contributed by atoms with Gasteiger partial charge in [-0.05, 0) is 6.92 Å². The van der Waals surface area contributed by atoms with Crippen LogP contribution in [0.25, 0.3) is 0 Å². The quantitative estimate of drug-likeness (QED) is 0.355. The number of hydrogen-bond donors (Lipinski definition) is 1. The Morgan fingerprint density at radius 1 is 1.60 bits per heavy atom. The summed E-state index contributed by atoms with van der Waals surface area (Å²) < 4.78 is 0. The van der Waals surface area contributed by atoms with Gasteiger partial charge in [0.25, 0.3) is 0 Å². The Morgan fingerprint density at radius 3 is 1.60 bits per heavy atom. The van der Waals surface area contributed by atoms with Gasteiger partial charge in [0.2, 0.25) is 0 Å². The fraction of sp³-hybridized carbons (Fsp3) is 1.00. The van der Waals surface area contributed by atoms with Crippen LogP contribution in [-0.4, -0.2) is 58.6 Å². The number of hydrogen-bond acceptors (Lipinski definition) is 1. The van der Waals surface area contributed by atoms with Crippen LogP contribution in [0.4, 0.5) is 0 Å². The molecule has 0 aliphatic heterocycles. The third-order valence-corrected chi connectivity index (χ3v) is 0. The molecule has 0 aromatic rings. The molecule has 0 atom stereocenters. The fourth-order valence-electron chi connectivity index (χ4n) is 0. The topological polar surface area (TPSA) is 20.2 Å². The van der Waals surface area contributed by atoms with Crippen molar-refractivity contribution in [1.29, 1.82) is 0 Å². The van der Waals surface area contributed by atoms with E-state index >= 15 is 0 Å². The van der Waals surface area contributed by atoms with E-state index in [9.17, 15) is 0 Å². The van der Waals surface area contributed by atoms with Gasteiger partial charge >= 0.3 is 29.6 Å². The van der Waals surface area contributed by atoms with Gasteiger partial charge in [0.1, 0.15) is 0 Å². The molecule has 0 heterocycles. The van der Waals surface area contributed by atoms with Crippen LogP contribution in [0.3, 0.4) is 0 Å². The van der Waals surface area contributed by atoms with E-state index in [0.29, 0.717) is 0 Å². The van der Waals surface area contributed by atoms with E-state index in [0.717, 1.165) is 0 Å². The summed E-state index contributed by atoms with van der Waals surface area (Å²) in [7, 11) is 0. The van der Waals surface area contributed by atoms with Crippen molar-refractivity contribution >= 4 is 46.9 Å². The zero-order chi connectivity index (χ0) is 2.71. The monoisotopic (exact) mass is 100 g/mol. The molecule has 1 nitrogen and oxygen atoms in total. The summed E-state index contributed by atoms with van der Waals surface area (Å²) in [5.74, 6) is 0. The van der Waals surface area contributed by atoms with Crippen molar-refractivity contribution in [3.05, 3.63) is 0 Å². The second kappa shape index (κ2) is 17.8. The Balaban J connectivity index is -0.0000000200. The van der Waals surface area contributed by atoms with Gasteiger partial charge in [0.15, 0.2) is 17.4 Å². The average molecular weight is 100 g/mol. The fourth-order valence-corrected chi connectivity index (χ4v) is 0. The van der Waals surface area contributed by atoms with Gasteiger partial charge in [-0.2, -0.15) is 0 Å². The molecule has 0 spiro atoms. The van der Waals surface area contributed by atoms with E-state index in [2.05, 4.69) is 0 Å². The maximum absolute atomic E-state index is 7.57. The van der Waals surface area contributed by atoms with E-state index in [1.807, 2.05) is 0 Å². The van der Waals surface area contributed by atoms with Gasteiger partial charge in [-0.15, -0.1) is 0 Å². The second-order valence-electron chi connectivity index (χ2n) is 0.316. The zero-order valence-corrected chi connectivity index (χ0v) is 2.15. The molecule has 0 bridgehead atoms. The molecule has 0 aliphatic carbocycles. The minimum atomic E-state index is 0. The van der Waals surface area contributed by atoms with Gasteiger partial charge in [0, 0.05) is 6.61 Å². The van der Waals surface area contributed by atoms with Crippen LogP contribution in [-0.2, 0) is 0 Å². The molecule has 0 saturated heterocycles. The summed E-state index contributed by atoms with van der Waals surface area (Å²) in [6, 6.07) is 0. The van der Waals surface area contributed by atoms with Crippen molar-refractivity contribution in [2.75, 3.05) is 6.61 Å². The molecule has 3 heteroatoms. The summed E-state index contributed by atoms with van der Waals surface area (Å²) in [5.41, 5.74) is 0. The first-order chi connectivity index (χ1) is 1.41. The van der Waals surface area contributed by atoms with Gasteiger partial charge < -0.3 is 5.11 Å². The Bertz CT molecular complexity index is 9.61. The molecule has 0 amide bonds. The molecule has 0 fully saturated rings. The molecule has 1 N–H and O–H groups in total. The summed E-state index contributed by atoms with van der Waals surface area (Å²) in [4.78, 5) is 0. The predicted octanol–water partition coefficient (Wildman–Crippen LogP) is -1.83. The van der Waals surface area contributed by atoms with Crippen LogP contribution in [0, 0.1) is 0 Å². The number of aliphatic hydroxyl groups is 1. The first-order valence-corrected chi connectivity index (χ1v) is 1.02. The normalized spacial score (nSPS) is 3.60. The van der Waals surface area contributed by atoms with Crippen molar-refractivity contribution in [3.63, 3.8) is 0 Å². The van der Waals surface area contributed by atoms with Gasteiger partial charge in [-0.1, -0.05) is 0 Å². The molecule has 0 aromatic heterocycles. The summed E-state index contributed by atoms with van der Waals surface area (Å²) in [5, 5.41) is 7.57. The molecule has 0 radical (unpaired) electrons. The first-order valence-electron chi connectivity index (χ1n) is 1.02. The molecule has 0 aromatic carbocycles. The van der Waals surface area contributed by atoms with Gasteiger partial charge in [-0.25, -0.2) is 0 Å². The van der Waals surface area contributed by atoms with E-state index in [-0.39, 0.29) is 53.5 Å². The van der Waals surface area contributed by atoms with Crippen molar-refractivity contribution in [3.8, 4) is 0 Å². The minimum absolute atomic E-state index is 0. The number of rotatable bonds is 0. The second-order valence-corrected chi connectivity index (χ2v) is 0.316. The third-order valence-electron chi connectivity index (χ3n) is 0. The van der Waals surface area contributed by atoms with Crippen molar-refractivity contribution < 1.29 is 5.11 Å². The van der Waals surface area contributed by atoms with Crippen LogP contribution >= 0.6 is 0 Å². The Kier molecular flexibility index (Phi) is 57.3. The summed E-state index contributed by atoms with van der Waals surface area (Å²) in [6.45, 7) is 1.93. The Labute approximate surface area is 65.2 Å². The standard InChI is InChI=1S/C2H6O.Al.Na.4H/c1-2-3;;;;;;/h3H,2H2,1H3;;;;;;. The van der Waals surface area contributed by atoms with E-state index < -0.39 is 0 Å². The molecule has 5 heavy (non-hydrogen) atoms. The molecule has 28 valence electrons. The van der Waals surface area contributed by atoms with Crippen LogP contribution in [0.1, 0.15) is 6.92 Å². The van der Waals surface area contributed by atoms with Gasteiger partial charge in [-0.3, -0.25) is 0 Å². The Hall–Kier alpha value is 1.49. The van der Waals surface area contributed by atoms with Crippen LogP contribution in [0.15, 0.2) is 0 Å². The summed E-state index contributed by atoms with van der Waals surface area (Å²) in [6.07, 6.45) is 0. The molecule has 0 saturated carbocycles. The molecule has 0 rings (SSSR count). The zero-order valence-electron chi connectivity index (χ0n) is 2.15. The van der Waals surface area contributed by atoms with E-state index in [1.165, 1.54) is 0 Å². The van der Waals surface area contributed by atoms with Crippen molar-refractivity contribution in [2.45, 2.75) is 6.92 Å². The third kappa shape index (κ3) is 30.1. The molecular formula is C2H10AlNaO. The number of aliphatic hydroxyl groups excluding tert-OH is 1. The van der Waals surface area contributed by atoms with Crippen molar-refractivity contribution in [2.24, 2.45) is 0 Å². The molecular weight excluding hydrogens is 90.0 g/mol. The average Bonchev–Trinajstić information content (AvgIpc) is 0.918. The molecule has 0 unspecified atom stereocenters. The SMILES string of the molecule is CCO.[AlH3].[NaH]. The predicted molar refractivity (Wildman–Crippen MR) is 29.8 cm³/mol. The molecule has 0 aliphatic rings. The van der Waals surface area contributed by atoms with E-state index in [1.54, 1.807) is 6.92 Å². The van der Waals surface area contributed by atoms with Crippen molar-refractivity contribution in [1.82, 2.24) is 0 Å². The van der Waals surface area contributed by atoms with Crippen LogP contribution in [0.5, 0.6) is 0 Å². The Morgan fingerprint density at radius 2 is 1.60 bits per heavy atom.